The Labute approximate surface area is 115 Å². The number of rotatable bonds is 2. The minimum atomic E-state index is -1.05. The summed E-state index contributed by atoms with van der Waals surface area (Å²) >= 11 is 11.7. The van der Waals surface area contributed by atoms with E-state index in [1.54, 1.807) is 31.2 Å². The Balaban J connectivity index is 2.48. The summed E-state index contributed by atoms with van der Waals surface area (Å²) in [5.41, 5.74) is 1.51. The van der Waals surface area contributed by atoms with Crippen molar-refractivity contribution in [2.75, 3.05) is 0 Å². The third kappa shape index (κ3) is 2.51. The van der Waals surface area contributed by atoms with Gasteiger partial charge in [0.05, 0.1) is 0 Å². The van der Waals surface area contributed by atoms with E-state index in [0.717, 1.165) is 5.56 Å². The molecule has 0 bridgehead atoms. The highest BCUT2D eigenvalue weighted by atomic mass is 35.5. The molecule has 1 nitrogen and oxygen atoms in total. The summed E-state index contributed by atoms with van der Waals surface area (Å²) in [7, 11) is 0. The van der Waals surface area contributed by atoms with Crippen LogP contribution < -0.4 is 0 Å². The lowest BCUT2D eigenvalue weighted by Crippen LogP contribution is -2.04. The summed E-state index contributed by atoms with van der Waals surface area (Å²) < 4.78 is 13.7. The Morgan fingerprint density at radius 2 is 1.83 bits per heavy atom. The van der Waals surface area contributed by atoms with E-state index < -0.39 is 11.9 Å². The molecule has 4 heteroatoms. The van der Waals surface area contributed by atoms with E-state index in [1.807, 2.05) is 0 Å². The minimum absolute atomic E-state index is 0.185. The van der Waals surface area contributed by atoms with Gasteiger partial charge in [-0.05, 0) is 36.2 Å². The highest BCUT2D eigenvalue weighted by Crippen LogP contribution is 2.30. The maximum absolute atomic E-state index is 13.7. The SMILES string of the molecule is Cc1c(Cl)cccc1C(O)c1ccc(Cl)cc1F. The molecule has 0 aliphatic heterocycles. The Bertz CT molecular complexity index is 584. The van der Waals surface area contributed by atoms with Crippen LogP contribution in [0.2, 0.25) is 10.0 Å². The van der Waals surface area contributed by atoms with Gasteiger partial charge in [-0.3, -0.25) is 0 Å². The van der Waals surface area contributed by atoms with E-state index in [-0.39, 0.29) is 5.56 Å². The second-order valence-corrected chi connectivity index (χ2v) is 4.87. The van der Waals surface area contributed by atoms with Crippen LogP contribution in [0.15, 0.2) is 36.4 Å². The molecule has 18 heavy (non-hydrogen) atoms. The molecule has 1 N–H and O–H groups in total. The van der Waals surface area contributed by atoms with Gasteiger partial charge in [0.25, 0.3) is 0 Å². The van der Waals surface area contributed by atoms with Gasteiger partial charge < -0.3 is 5.11 Å². The van der Waals surface area contributed by atoms with Crippen molar-refractivity contribution in [2.24, 2.45) is 0 Å². The first kappa shape index (κ1) is 13.3. The molecule has 0 heterocycles. The molecule has 2 rings (SSSR count). The Hall–Kier alpha value is -1.09. The number of halogens is 3. The molecule has 2 aromatic rings. The van der Waals surface area contributed by atoms with Gasteiger partial charge in [-0.15, -0.1) is 0 Å². The van der Waals surface area contributed by atoms with E-state index in [9.17, 15) is 9.50 Å². The van der Waals surface area contributed by atoms with Crippen molar-refractivity contribution >= 4 is 23.2 Å². The van der Waals surface area contributed by atoms with Gasteiger partial charge in [0.1, 0.15) is 11.9 Å². The standard InChI is InChI=1S/C14H11Cl2FO/c1-8-10(3-2-4-12(8)16)14(18)11-6-5-9(15)7-13(11)17/h2-7,14,18H,1H3. The van der Waals surface area contributed by atoms with Gasteiger partial charge in [0.15, 0.2) is 0 Å². The fourth-order valence-corrected chi connectivity index (χ4v) is 2.15. The zero-order chi connectivity index (χ0) is 13.3. The van der Waals surface area contributed by atoms with E-state index in [4.69, 9.17) is 23.2 Å². The molecule has 0 amide bonds. The van der Waals surface area contributed by atoms with E-state index in [2.05, 4.69) is 0 Å². The maximum atomic E-state index is 13.7. The molecule has 0 saturated carbocycles. The van der Waals surface area contributed by atoms with Crippen LogP contribution in [0.5, 0.6) is 0 Å². The van der Waals surface area contributed by atoms with Crippen LogP contribution in [0.3, 0.4) is 0 Å². The van der Waals surface area contributed by atoms with Crippen LogP contribution >= 0.6 is 23.2 Å². The molecule has 2 aromatic carbocycles. The van der Waals surface area contributed by atoms with Gasteiger partial charge in [-0.1, -0.05) is 41.4 Å². The summed E-state index contributed by atoms with van der Waals surface area (Å²) in [6.07, 6.45) is -1.05. The average Bonchev–Trinajstić information content (AvgIpc) is 2.32. The number of hydrogen-bond acceptors (Lipinski definition) is 1. The van der Waals surface area contributed by atoms with Crippen molar-refractivity contribution in [1.82, 2.24) is 0 Å². The third-order valence-corrected chi connectivity index (χ3v) is 3.51. The lowest BCUT2D eigenvalue weighted by molar-refractivity contribution is 0.214. The Morgan fingerprint density at radius 3 is 2.50 bits per heavy atom. The molecular weight excluding hydrogens is 274 g/mol. The summed E-state index contributed by atoms with van der Waals surface area (Å²) in [6.45, 7) is 1.79. The number of benzene rings is 2. The van der Waals surface area contributed by atoms with Crippen LogP contribution in [0.4, 0.5) is 4.39 Å². The summed E-state index contributed by atoms with van der Waals surface area (Å²) in [5, 5.41) is 11.1. The van der Waals surface area contributed by atoms with Crippen LogP contribution in [-0.4, -0.2) is 5.11 Å². The zero-order valence-electron chi connectivity index (χ0n) is 9.62. The second-order valence-electron chi connectivity index (χ2n) is 4.02. The van der Waals surface area contributed by atoms with Crippen molar-refractivity contribution in [3.8, 4) is 0 Å². The topological polar surface area (TPSA) is 20.2 Å². The van der Waals surface area contributed by atoms with E-state index in [0.29, 0.717) is 15.6 Å². The largest absolute Gasteiger partial charge is 0.384 e. The van der Waals surface area contributed by atoms with Crippen molar-refractivity contribution in [1.29, 1.82) is 0 Å². The van der Waals surface area contributed by atoms with E-state index >= 15 is 0 Å². The highest BCUT2D eigenvalue weighted by molar-refractivity contribution is 6.31. The number of hydrogen-bond donors (Lipinski definition) is 1. The van der Waals surface area contributed by atoms with Gasteiger partial charge >= 0.3 is 0 Å². The smallest absolute Gasteiger partial charge is 0.130 e. The van der Waals surface area contributed by atoms with Crippen LogP contribution in [0.1, 0.15) is 22.8 Å². The quantitative estimate of drug-likeness (QED) is 0.860. The predicted octanol–water partition coefficient (Wildman–Crippen LogP) is 4.52. The predicted molar refractivity (Wildman–Crippen MR) is 71.7 cm³/mol. The first-order valence-corrected chi connectivity index (χ1v) is 6.14. The number of aliphatic hydroxyl groups is 1. The molecule has 94 valence electrons. The molecule has 0 spiro atoms. The third-order valence-electron chi connectivity index (χ3n) is 2.86. The van der Waals surface area contributed by atoms with Crippen molar-refractivity contribution in [3.05, 3.63) is 69.0 Å². The van der Waals surface area contributed by atoms with Gasteiger partial charge in [0.2, 0.25) is 0 Å². The van der Waals surface area contributed by atoms with Gasteiger partial charge in [-0.2, -0.15) is 0 Å². The lowest BCUT2D eigenvalue weighted by atomic mass is 9.97. The second kappa shape index (κ2) is 5.27. The molecule has 1 atom stereocenters. The van der Waals surface area contributed by atoms with Crippen molar-refractivity contribution in [3.63, 3.8) is 0 Å². The fourth-order valence-electron chi connectivity index (χ4n) is 1.81. The van der Waals surface area contributed by atoms with Crippen molar-refractivity contribution < 1.29 is 9.50 Å². The highest BCUT2D eigenvalue weighted by Gasteiger charge is 2.17. The van der Waals surface area contributed by atoms with E-state index in [1.165, 1.54) is 12.1 Å². The monoisotopic (exact) mass is 284 g/mol. The minimum Gasteiger partial charge on any atom is -0.384 e. The molecule has 0 fully saturated rings. The normalized spacial score (nSPS) is 12.5. The number of aliphatic hydroxyl groups excluding tert-OH is 1. The summed E-state index contributed by atoms with van der Waals surface area (Å²) in [4.78, 5) is 0. The first-order chi connectivity index (χ1) is 8.50. The Morgan fingerprint density at radius 1 is 1.11 bits per heavy atom. The molecule has 0 aromatic heterocycles. The van der Waals surface area contributed by atoms with Crippen LogP contribution in [0.25, 0.3) is 0 Å². The molecule has 0 aliphatic rings. The van der Waals surface area contributed by atoms with Crippen LogP contribution in [-0.2, 0) is 0 Å². The molecular formula is C14H11Cl2FO. The molecule has 0 saturated heterocycles. The van der Waals surface area contributed by atoms with Gasteiger partial charge in [-0.25, -0.2) is 4.39 Å². The molecule has 1 unspecified atom stereocenters. The summed E-state index contributed by atoms with van der Waals surface area (Å²) in [5.74, 6) is -0.533. The Kier molecular flexibility index (Phi) is 3.91. The van der Waals surface area contributed by atoms with Gasteiger partial charge in [0, 0.05) is 15.6 Å². The summed E-state index contributed by atoms with van der Waals surface area (Å²) in [6, 6.07) is 9.37. The average molecular weight is 285 g/mol. The lowest BCUT2D eigenvalue weighted by Gasteiger charge is -2.15. The maximum Gasteiger partial charge on any atom is 0.130 e. The molecule has 0 aliphatic carbocycles. The first-order valence-electron chi connectivity index (χ1n) is 5.38. The fraction of sp³-hybridized carbons (Fsp3) is 0.143. The molecule has 0 radical (unpaired) electrons. The zero-order valence-corrected chi connectivity index (χ0v) is 11.1. The van der Waals surface area contributed by atoms with Crippen molar-refractivity contribution in [2.45, 2.75) is 13.0 Å². The van der Waals surface area contributed by atoms with Crippen LogP contribution in [0, 0.1) is 12.7 Å².